The molecule has 0 unspecified atom stereocenters. The molecular weight excluding hydrogens is 248 g/mol. The van der Waals surface area contributed by atoms with Crippen LogP contribution in [0.3, 0.4) is 0 Å². The molecule has 2 aliphatic rings. The molecule has 0 atom stereocenters. The van der Waals surface area contributed by atoms with E-state index in [1.807, 2.05) is 18.2 Å². The Morgan fingerprint density at radius 2 is 1.95 bits per heavy atom. The summed E-state index contributed by atoms with van der Waals surface area (Å²) in [7, 11) is 0. The zero-order valence-corrected chi connectivity index (χ0v) is 11.8. The second kappa shape index (κ2) is 5.20. The first-order valence-corrected chi connectivity index (χ1v) is 7.53. The van der Waals surface area contributed by atoms with E-state index in [9.17, 15) is 5.26 Å². The van der Waals surface area contributed by atoms with Gasteiger partial charge < -0.3 is 10.4 Å². The number of hydrogen-bond acceptors (Lipinski definition) is 3. The van der Waals surface area contributed by atoms with Crippen molar-refractivity contribution in [1.82, 2.24) is 5.32 Å². The van der Waals surface area contributed by atoms with Gasteiger partial charge in [0.1, 0.15) is 0 Å². The molecule has 1 aromatic carbocycles. The summed E-state index contributed by atoms with van der Waals surface area (Å²) in [5.74, 6) is 0. The van der Waals surface area contributed by atoms with Crippen molar-refractivity contribution in [3.05, 3.63) is 35.9 Å². The van der Waals surface area contributed by atoms with Crippen LogP contribution >= 0.6 is 0 Å². The van der Waals surface area contributed by atoms with Gasteiger partial charge in [0.15, 0.2) is 0 Å². The maximum atomic E-state index is 9.52. The van der Waals surface area contributed by atoms with Crippen molar-refractivity contribution in [3.8, 4) is 6.07 Å². The predicted molar refractivity (Wildman–Crippen MR) is 78.1 cm³/mol. The van der Waals surface area contributed by atoms with Crippen molar-refractivity contribution in [2.75, 3.05) is 13.2 Å². The van der Waals surface area contributed by atoms with E-state index in [-0.39, 0.29) is 5.41 Å². The highest BCUT2D eigenvalue weighted by Gasteiger charge is 2.48. The van der Waals surface area contributed by atoms with Gasteiger partial charge in [0.05, 0.1) is 11.5 Å². The van der Waals surface area contributed by atoms with Crippen LogP contribution in [0.5, 0.6) is 0 Å². The van der Waals surface area contributed by atoms with E-state index < -0.39 is 0 Å². The molecule has 2 aliphatic carbocycles. The first kappa shape index (κ1) is 13.6. The summed E-state index contributed by atoms with van der Waals surface area (Å²) >= 11 is 0. The standard InChI is InChI=1S/C17H22N2O/c18-12-17(14-4-2-1-3-5-14)10-15(11-17)19-13-16(6-7-16)8-9-20/h1-5,15,19-20H,6-11,13H2. The Labute approximate surface area is 120 Å². The quantitative estimate of drug-likeness (QED) is 0.834. The van der Waals surface area contributed by atoms with Crippen molar-refractivity contribution >= 4 is 0 Å². The van der Waals surface area contributed by atoms with E-state index in [1.165, 1.54) is 12.8 Å². The molecular formula is C17H22N2O. The van der Waals surface area contributed by atoms with E-state index in [0.29, 0.717) is 18.1 Å². The highest BCUT2D eigenvalue weighted by Crippen LogP contribution is 2.49. The molecule has 3 rings (SSSR count). The second-order valence-corrected chi connectivity index (χ2v) is 6.52. The van der Waals surface area contributed by atoms with E-state index in [0.717, 1.165) is 31.4 Å². The number of nitriles is 1. The zero-order chi connectivity index (χ0) is 14.1. The third kappa shape index (κ3) is 2.46. The number of nitrogens with zero attached hydrogens (tertiary/aromatic N) is 1. The van der Waals surface area contributed by atoms with E-state index in [1.54, 1.807) is 0 Å². The van der Waals surface area contributed by atoms with Gasteiger partial charge in [-0.3, -0.25) is 0 Å². The van der Waals surface area contributed by atoms with Crippen LogP contribution < -0.4 is 5.32 Å². The molecule has 0 aliphatic heterocycles. The van der Waals surface area contributed by atoms with Gasteiger partial charge in [-0.05, 0) is 43.1 Å². The lowest BCUT2D eigenvalue weighted by molar-refractivity contribution is 0.198. The van der Waals surface area contributed by atoms with Crippen LogP contribution in [0.2, 0.25) is 0 Å². The third-order valence-corrected chi connectivity index (χ3v) is 5.10. The van der Waals surface area contributed by atoms with Gasteiger partial charge >= 0.3 is 0 Å². The first-order chi connectivity index (χ1) is 9.72. The monoisotopic (exact) mass is 270 g/mol. The van der Waals surface area contributed by atoms with Gasteiger partial charge in [-0.2, -0.15) is 5.26 Å². The average Bonchev–Trinajstić information content (AvgIpc) is 3.19. The SMILES string of the molecule is N#CC1(c2ccccc2)CC(NCC2(CCO)CC2)C1. The molecule has 2 N–H and O–H groups in total. The molecule has 0 heterocycles. The Kier molecular flexibility index (Phi) is 3.54. The summed E-state index contributed by atoms with van der Waals surface area (Å²) in [4.78, 5) is 0. The van der Waals surface area contributed by atoms with Crippen molar-refractivity contribution in [2.24, 2.45) is 5.41 Å². The number of hydrogen-bond donors (Lipinski definition) is 2. The lowest BCUT2D eigenvalue weighted by Gasteiger charge is -2.44. The molecule has 106 valence electrons. The minimum Gasteiger partial charge on any atom is -0.396 e. The summed E-state index contributed by atoms with van der Waals surface area (Å²) in [5, 5.41) is 22.2. The van der Waals surface area contributed by atoms with Crippen LogP contribution in [0.4, 0.5) is 0 Å². The second-order valence-electron chi connectivity index (χ2n) is 6.52. The number of rotatable bonds is 6. The number of benzene rings is 1. The van der Waals surface area contributed by atoms with Crippen LogP contribution in [0, 0.1) is 16.7 Å². The maximum Gasteiger partial charge on any atom is 0.0852 e. The third-order valence-electron chi connectivity index (χ3n) is 5.10. The molecule has 0 aromatic heterocycles. The topological polar surface area (TPSA) is 56.0 Å². The predicted octanol–water partition coefficient (Wildman–Crippen LogP) is 2.36. The molecule has 0 radical (unpaired) electrons. The highest BCUT2D eigenvalue weighted by molar-refractivity contribution is 5.36. The molecule has 0 amide bonds. The van der Waals surface area contributed by atoms with Gasteiger partial charge in [0.25, 0.3) is 0 Å². The molecule has 0 saturated heterocycles. The van der Waals surface area contributed by atoms with Crippen LogP contribution in [0.25, 0.3) is 0 Å². The van der Waals surface area contributed by atoms with Crippen molar-refractivity contribution < 1.29 is 5.11 Å². The van der Waals surface area contributed by atoms with E-state index in [4.69, 9.17) is 5.11 Å². The van der Waals surface area contributed by atoms with Crippen LogP contribution in [0.1, 0.15) is 37.7 Å². The van der Waals surface area contributed by atoms with Gasteiger partial charge in [-0.1, -0.05) is 30.3 Å². The lowest BCUT2D eigenvalue weighted by Crippen LogP contribution is -2.52. The average molecular weight is 270 g/mol. The highest BCUT2D eigenvalue weighted by atomic mass is 16.3. The molecule has 0 spiro atoms. The summed E-state index contributed by atoms with van der Waals surface area (Å²) in [6, 6.07) is 13.1. The number of aliphatic hydroxyl groups is 1. The van der Waals surface area contributed by atoms with Crippen LogP contribution in [0.15, 0.2) is 30.3 Å². The first-order valence-electron chi connectivity index (χ1n) is 7.53. The molecule has 2 fully saturated rings. The van der Waals surface area contributed by atoms with Crippen molar-refractivity contribution in [2.45, 2.75) is 43.6 Å². The number of nitrogens with one attached hydrogen (secondary N) is 1. The molecule has 3 nitrogen and oxygen atoms in total. The Morgan fingerprint density at radius 3 is 2.50 bits per heavy atom. The Balaban J connectivity index is 1.54. The maximum absolute atomic E-state index is 9.52. The minimum atomic E-state index is -0.285. The molecule has 2 saturated carbocycles. The zero-order valence-electron chi connectivity index (χ0n) is 11.8. The molecule has 20 heavy (non-hydrogen) atoms. The minimum absolute atomic E-state index is 0.285. The summed E-state index contributed by atoms with van der Waals surface area (Å²) in [6.45, 7) is 1.28. The van der Waals surface area contributed by atoms with Crippen molar-refractivity contribution in [1.29, 1.82) is 5.26 Å². The van der Waals surface area contributed by atoms with Crippen LogP contribution in [-0.4, -0.2) is 24.3 Å². The summed E-state index contributed by atoms with van der Waals surface area (Å²) in [5.41, 5.74) is 1.22. The molecule has 0 bridgehead atoms. The fourth-order valence-electron chi connectivity index (χ4n) is 3.36. The van der Waals surface area contributed by atoms with Crippen molar-refractivity contribution in [3.63, 3.8) is 0 Å². The fourth-order valence-corrected chi connectivity index (χ4v) is 3.36. The van der Waals surface area contributed by atoms with Crippen LogP contribution in [-0.2, 0) is 5.41 Å². The van der Waals surface area contributed by atoms with Gasteiger partial charge in [0.2, 0.25) is 0 Å². The molecule has 1 aromatic rings. The fraction of sp³-hybridized carbons (Fsp3) is 0.588. The van der Waals surface area contributed by atoms with Gasteiger partial charge in [-0.15, -0.1) is 0 Å². The Morgan fingerprint density at radius 1 is 1.25 bits per heavy atom. The van der Waals surface area contributed by atoms with Gasteiger partial charge in [0, 0.05) is 19.2 Å². The smallest absolute Gasteiger partial charge is 0.0852 e. The largest absolute Gasteiger partial charge is 0.396 e. The summed E-state index contributed by atoms with van der Waals surface area (Å²) < 4.78 is 0. The Hall–Kier alpha value is -1.37. The van der Waals surface area contributed by atoms with E-state index >= 15 is 0 Å². The van der Waals surface area contributed by atoms with E-state index in [2.05, 4.69) is 23.5 Å². The normalized spacial score (nSPS) is 30.3. The summed E-state index contributed by atoms with van der Waals surface area (Å²) in [6.07, 6.45) is 5.19. The lowest BCUT2D eigenvalue weighted by atomic mass is 9.62. The van der Waals surface area contributed by atoms with Gasteiger partial charge in [-0.25, -0.2) is 0 Å². The molecule has 3 heteroatoms. The Bertz CT molecular complexity index is 495. The number of aliphatic hydroxyl groups excluding tert-OH is 1.